The van der Waals surface area contributed by atoms with Gasteiger partial charge in [0.2, 0.25) is 11.8 Å². The molecule has 8 heteroatoms. The molecule has 0 aliphatic carbocycles. The molecule has 0 saturated heterocycles. The van der Waals surface area contributed by atoms with E-state index in [9.17, 15) is 19.6 Å². The number of amides is 3. The Kier molecular flexibility index (Phi) is 10.9. The van der Waals surface area contributed by atoms with Crippen molar-refractivity contribution < 1.29 is 19.6 Å². The number of rotatable bonds is 12. The van der Waals surface area contributed by atoms with Crippen LogP contribution < -0.4 is 5.48 Å². The fourth-order valence-corrected chi connectivity index (χ4v) is 4.48. The van der Waals surface area contributed by atoms with Crippen molar-refractivity contribution in [3.05, 3.63) is 78.0 Å². The van der Waals surface area contributed by atoms with Gasteiger partial charge >= 0.3 is 0 Å². The molecule has 1 atom stereocenters. The van der Waals surface area contributed by atoms with E-state index >= 15 is 0 Å². The van der Waals surface area contributed by atoms with Crippen LogP contribution in [0.4, 0.5) is 0 Å². The Hall–Kier alpha value is -3.91. The Morgan fingerprint density at radius 2 is 1.64 bits per heavy atom. The van der Waals surface area contributed by atoms with Gasteiger partial charge in [-0.15, -0.1) is 0 Å². The summed E-state index contributed by atoms with van der Waals surface area (Å²) in [5.74, 6) is -1.10. The fraction of sp³-hybridized carbons (Fsp3) is 0.387. The highest BCUT2D eigenvalue weighted by Crippen LogP contribution is 2.22. The number of aromatic nitrogens is 1. The van der Waals surface area contributed by atoms with E-state index < -0.39 is 11.9 Å². The van der Waals surface area contributed by atoms with Crippen LogP contribution in [-0.2, 0) is 20.8 Å². The number of carbonyl (C=O) groups is 3. The Balaban J connectivity index is 1.98. The van der Waals surface area contributed by atoms with Crippen LogP contribution in [0.25, 0.3) is 17.0 Å². The van der Waals surface area contributed by atoms with Crippen molar-refractivity contribution >= 4 is 34.7 Å². The lowest BCUT2D eigenvalue weighted by Gasteiger charge is -2.40. The van der Waals surface area contributed by atoms with Gasteiger partial charge in [0, 0.05) is 30.1 Å². The predicted molar refractivity (Wildman–Crippen MR) is 153 cm³/mol. The molecule has 0 aliphatic rings. The van der Waals surface area contributed by atoms with E-state index in [1.165, 1.54) is 10.0 Å². The molecule has 8 nitrogen and oxygen atoms in total. The zero-order valence-electron chi connectivity index (χ0n) is 23.3. The number of nitrogens with zero attached hydrogens (tertiary/aromatic N) is 2. The number of nitrogens with one attached hydrogen (secondary N) is 2. The fourth-order valence-electron chi connectivity index (χ4n) is 4.48. The van der Waals surface area contributed by atoms with Crippen LogP contribution in [0.15, 0.2) is 66.9 Å². The van der Waals surface area contributed by atoms with Crippen molar-refractivity contribution in [3.8, 4) is 0 Å². The molecule has 3 amide bonds. The van der Waals surface area contributed by atoms with Gasteiger partial charge < -0.3 is 4.98 Å². The Morgan fingerprint density at radius 1 is 0.949 bits per heavy atom. The van der Waals surface area contributed by atoms with Gasteiger partial charge in [-0.05, 0) is 41.9 Å². The lowest BCUT2D eigenvalue weighted by Crippen LogP contribution is -2.59. The first kappa shape index (κ1) is 29.6. The number of hydroxylamine groups is 1. The first-order valence-corrected chi connectivity index (χ1v) is 13.5. The maximum absolute atomic E-state index is 13.9. The lowest BCUT2D eigenvalue weighted by atomic mass is 10.1. The first-order chi connectivity index (χ1) is 18.7. The van der Waals surface area contributed by atoms with Crippen molar-refractivity contribution in [2.75, 3.05) is 6.54 Å². The zero-order valence-corrected chi connectivity index (χ0v) is 23.3. The third kappa shape index (κ3) is 8.29. The van der Waals surface area contributed by atoms with Crippen LogP contribution in [0, 0.1) is 11.8 Å². The number of fused-ring (bicyclic) bond motifs is 1. The zero-order chi connectivity index (χ0) is 28.4. The molecule has 3 N–H and O–H groups in total. The van der Waals surface area contributed by atoms with E-state index in [4.69, 9.17) is 0 Å². The van der Waals surface area contributed by atoms with Crippen LogP contribution in [0.5, 0.6) is 0 Å². The minimum absolute atomic E-state index is 0.0232. The molecule has 0 unspecified atom stereocenters. The molecule has 2 aromatic carbocycles. The molecule has 0 radical (unpaired) electrons. The molecule has 0 saturated carbocycles. The maximum Gasteiger partial charge on any atom is 0.268 e. The number of aromatic amines is 1. The van der Waals surface area contributed by atoms with E-state index in [1.54, 1.807) is 11.6 Å². The smallest absolute Gasteiger partial charge is 0.268 e. The van der Waals surface area contributed by atoms with E-state index in [2.05, 4.69) is 4.98 Å². The van der Waals surface area contributed by atoms with E-state index in [1.807, 2.05) is 94.6 Å². The van der Waals surface area contributed by atoms with Gasteiger partial charge in [0.25, 0.3) is 5.91 Å². The third-order valence-corrected chi connectivity index (χ3v) is 6.47. The standard InChI is InChI=1S/C31H40N4O4/c1-22(2)17-18-29(36)35(28(31(38)33-39)16-10-13-24-11-6-5-7-12-24)34(21-23(3)4)30(37)19-25-20-32-27-15-9-8-14-26(25)27/h5-15,20,22-23,28,32,39H,16-19,21H2,1-4H3,(H,33,38)/t28-/m0/s1. The highest BCUT2D eigenvalue weighted by Gasteiger charge is 2.36. The summed E-state index contributed by atoms with van der Waals surface area (Å²) in [6.07, 6.45) is 6.40. The monoisotopic (exact) mass is 532 g/mol. The minimum atomic E-state index is -1.11. The molecule has 1 aromatic heterocycles. The maximum atomic E-state index is 13.9. The van der Waals surface area contributed by atoms with E-state index in [0.717, 1.165) is 22.0 Å². The first-order valence-electron chi connectivity index (χ1n) is 13.5. The largest absolute Gasteiger partial charge is 0.361 e. The number of hydrazine groups is 1. The molecule has 0 spiro atoms. The second-order valence-electron chi connectivity index (χ2n) is 10.6. The van der Waals surface area contributed by atoms with Crippen molar-refractivity contribution in [3.63, 3.8) is 0 Å². The molecular weight excluding hydrogens is 492 g/mol. The summed E-state index contributed by atoms with van der Waals surface area (Å²) in [5.41, 5.74) is 4.39. The summed E-state index contributed by atoms with van der Waals surface area (Å²) < 4.78 is 0. The molecule has 208 valence electrons. The second kappa shape index (κ2) is 14.3. The van der Waals surface area contributed by atoms with Crippen LogP contribution in [-0.4, -0.2) is 50.5 Å². The summed E-state index contributed by atoms with van der Waals surface area (Å²) in [6.45, 7) is 8.20. The molecule has 1 heterocycles. The Labute approximate surface area is 230 Å². The number of hydrogen-bond acceptors (Lipinski definition) is 4. The second-order valence-corrected chi connectivity index (χ2v) is 10.6. The van der Waals surface area contributed by atoms with Gasteiger partial charge in [0.05, 0.1) is 6.42 Å². The number of carbonyl (C=O) groups excluding carboxylic acids is 3. The molecule has 3 aromatic rings. The summed E-state index contributed by atoms with van der Waals surface area (Å²) >= 11 is 0. The number of H-pyrrole nitrogens is 1. The van der Waals surface area contributed by atoms with Gasteiger partial charge in [-0.3, -0.25) is 24.6 Å². The molecule has 0 bridgehead atoms. The van der Waals surface area contributed by atoms with Gasteiger partial charge in [0.1, 0.15) is 6.04 Å². The average Bonchev–Trinajstić information content (AvgIpc) is 3.33. The SMILES string of the molecule is CC(C)CCC(=O)N([C@@H](CC=Cc1ccccc1)C(=O)NO)N(CC(C)C)C(=O)Cc1c[nH]c2ccccc12. The predicted octanol–water partition coefficient (Wildman–Crippen LogP) is 5.35. The normalized spacial score (nSPS) is 12.3. The third-order valence-electron chi connectivity index (χ3n) is 6.47. The highest BCUT2D eigenvalue weighted by molar-refractivity contribution is 5.92. The van der Waals surface area contributed by atoms with Crippen molar-refractivity contribution in [1.82, 2.24) is 20.5 Å². The highest BCUT2D eigenvalue weighted by atomic mass is 16.5. The molecule has 0 fully saturated rings. The number of hydrogen-bond donors (Lipinski definition) is 3. The average molecular weight is 533 g/mol. The van der Waals surface area contributed by atoms with Crippen LogP contribution in [0.1, 0.15) is 58.1 Å². The van der Waals surface area contributed by atoms with Gasteiger partial charge in [-0.25, -0.2) is 10.5 Å². The van der Waals surface area contributed by atoms with Crippen LogP contribution >= 0.6 is 0 Å². The summed E-state index contributed by atoms with van der Waals surface area (Å²) in [6, 6.07) is 16.2. The van der Waals surface area contributed by atoms with Crippen molar-refractivity contribution in [2.24, 2.45) is 11.8 Å². The van der Waals surface area contributed by atoms with E-state index in [0.29, 0.717) is 6.42 Å². The van der Waals surface area contributed by atoms with Gasteiger partial charge in [0.15, 0.2) is 0 Å². The number of para-hydroxylation sites is 1. The van der Waals surface area contributed by atoms with Crippen molar-refractivity contribution in [2.45, 2.75) is 59.4 Å². The lowest BCUT2D eigenvalue weighted by molar-refractivity contribution is -0.175. The van der Waals surface area contributed by atoms with Gasteiger partial charge in [-0.2, -0.15) is 0 Å². The topological polar surface area (TPSA) is 106 Å². The minimum Gasteiger partial charge on any atom is -0.361 e. The quantitative estimate of drug-likeness (QED) is 0.216. The van der Waals surface area contributed by atoms with Crippen LogP contribution in [0.2, 0.25) is 0 Å². The Morgan fingerprint density at radius 3 is 2.31 bits per heavy atom. The summed E-state index contributed by atoms with van der Waals surface area (Å²) in [7, 11) is 0. The number of benzene rings is 2. The molecule has 3 rings (SSSR count). The molecule has 39 heavy (non-hydrogen) atoms. The van der Waals surface area contributed by atoms with Crippen LogP contribution in [0.3, 0.4) is 0 Å². The van der Waals surface area contributed by atoms with Gasteiger partial charge in [-0.1, -0.05) is 88.4 Å². The molecule has 0 aliphatic heterocycles. The molecular formula is C31H40N4O4. The summed E-state index contributed by atoms with van der Waals surface area (Å²) in [5, 5.41) is 13.2. The summed E-state index contributed by atoms with van der Waals surface area (Å²) in [4.78, 5) is 43.8. The van der Waals surface area contributed by atoms with Crippen molar-refractivity contribution in [1.29, 1.82) is 0 Å². The van der Waals surface area contributed by atoms with E-state index in [-0.39, 0.29) is 49.5 Å². The Bertz CT molecular complexity index is 1270.